The zero-order chi connectivity index (χ0) is 24.2. The maximum Gasteiger partial charge on any atom is 0.266 e. The van der Waals surface area contributed by atoms with Crippen molar-refractivity contribution in [1.82, 2.24) is 14.5 Å². The molecular weight excluding hydrogens is 457 g/mol. The van der Waals surface area contributed by atoms with Crippen molar-refractivity contribution in [3.8, 4) is 5.69 Å². The van der Waals surface area contributed by atoms with Gasteiger partial charge in [-0.2, -0.15) is 0 Å². The van der Waals surface area contributed by atoms with Gasteiger partial charge in [-0.1, -0.05) is 41.9 Å². The van der Waals surface area contributed by atoms with Gasteiger partial charge in [-0.25, -0.2) is 9.37 Å². The molecule has 1 aromatic heterocycles. The normalized spacial score (nSPS) is 12.0. The molecule has 1 atom stereocenters. The molecule has 8 heteroatoms. The average molecular weight is 480 g/mol. The number of rotatable bonds is 7. The number of hydrogen-bond donors (Lipinski definition) is 0. The first-order valence-electron chi connectivity index (χ1n) is 10.7. The van der Waals surface area contributed by atoms with Crippen molar-refractivity contribution >= 4 is 28.4 Å². The van der Waals surface area contributed by atoms with Crippen LogP contribution in [0.15, 0.2) is 77.6 Å². The molecule has 1 amide bonds. The Morgan fingerprint density at radius 3 is 2.59 bits per heavy atom. The summed E-state index contributed by atoms with van der Waals surface area (Å²) >= 11 is 6.22. The number of nitrogens with zero attached hydrogens (tertiary/aromatic N) is 3. The first-order chi connectivity index (χ1) is 16.4. The van der Waals surface area contributed by atoms with Crippen LogP contribution in [0.25, 0.3) is 16.6 Å². The van der Waals surface area contributed by atoms with Gasteiger partial charge in [-0.15, -0.1) is 0 Å². The Hall–Kier alpha value is -3.55. The Morgan fingerprint density at radius 1 is 1.12 bits per heavy atom. The monoisotopic (exact) mass is 479 g/mol. The molecule has 0 spiro atoms. The highest BCUT2D eigenvalue weighted by atomic mass is 35.5. The summed E-state index contributed by atoms with van der Waals surface area (Å²) in [5.41, 5.74) is 0.655. The van der Waals surface area contributed by atoms with E-state index in [-0.39, 0.29) is 24.3 Å². The Kier molecular flexibility index (Phi) is 7.05. The van der Waals surface area contributed by atoms with E-state index in [1.54, 1.807) is 61.5 Å². The second kappa shape index (κ2) is 10.2. The largest absolute Gasteiger partial charge is 0.383 e. The number of aromatic nitrogens is 2. The van der Waals surface area contributed by atoms with Crippen molar-refractivity contribution in [2.24, 2.45) is 0 Å². The Bertz CT molecular complexity index is 1410. The predicted molar refractivity (Wildman–Crippen MR) is 130 cm³/mol. The van der Waals surface area contributed by atoms with Crippen LogP contribution in [0.1, 0.15) is 29.1 Å². The second-order valence-electron chi connectivity index (χ2n) is 7.75. The van der Waals surface area contributed by atoms with Crippen molar-refractivity contribution in [1.29, 1.82) is 0 Å². The summed E-state index contributed by atoms with van der Waals surface area (Å²) < 4.78 is 21.1. The van der Waals surface area contributed by atoms with Crippen LogP contribution >= 0.6 is 11.6 Å². The van der Waals surface area contributed by atoms with Crippen LogP contribution in [0.5, 0.6) is 0 Å². The molecule has 4 rings (SSSR count). The summed E-state index contributed by atoms with van der Waals surface area (Å²) in [6.45, 7) is 2.15. The van der Waals surface area contributed by atoms with Gasteiger partial charge < -0.3 is 9.64 Å². The average Bonchev–Trinajstić information content (AvgIpc) is 2.84. The van der Waals surface area contributed by atoms with Gasteiger partial charge in [-0.05, 0) is 49.4 Å². The van der Waals surface area contributed by atoms with Crippen molar-refractivity contribution in [3.05, 3.63) is 105 Å². The Morgan fingerprint density at radius 2 is 1.85 bits per heavy atom. The van der Waals surface area contributed by atoms with Crippen LogP contribution < -0.4 is 5.56 Å². The fourth-order valence-electron chi connectivity index (χ4n) is 3.88. The highest BCUT2D eigenvalue weighted by molar-refractivity contribution is 6.30. The quantitative estimate of drug-likeness (QED) is 0.373. The summed E-state index contributed by atoms with van der Waals surface area (Å²) in [4.78, 5) is 33.2. The molecule has 34 heavy (non-hydrogen) atoms. The van der Waals surface area contributed by atoms with Crippen molar-refractivity contribution in [2.45, 2.75) is 13.0 Å². The molecule has 0 saturated heterocycles. The number of ether oxygens (including phenoxy) is 1. The SMILES string of the molecule is COCCN(C(=O)c1ccccc1F)C(C)c1nc2ccccc2c(=O)n1-c1cccc(Cl)c1. The highest BCUT2D eigenvalue weighted by Crippen LogP contribution is 2.26. The van der Waals surface area contributed by atoms with E-state index in [2.05, 4.69) is 0 Å². The van der Waals surface area contributed by atoms with E-state index in [9.17, 15) is 14.0 Å². The molecule has 1 heterocycles. The minimum atomic E-state index is -0.696. The molecule has 3 aromatic carbocycles. The highest BCUT2D eigenvalue weighted by Gasteiger charge is 2.28. The molecule has 0 fully saturated rings. The minimum Gasteiger partial charge on any atom is -0.383 e. The summed E-state index contributed by atoms with van der Waals surface area (Å²) in [5.74, 6) is -0.824. The zero-order valence-electron chi connectivity index (χ0n) is 18.7. The number of carbonyl (C=O) groups excluding carboxylic acids is 1. The predicted octanol–water partition coefficient (Wildman–Crippen LogP) is 5.03. The van der Waals surface area contributed by atoms with Crippen LogP contribution in [-0.4, -0.2) is 40.6 Å². The second-order valence-corrected chi connectivity index (χ2v) is 8.19. The minimum absolute atomic E-state index is 0.0668. The lowest BCUT2D eigenvalue weighted by Gasteiger charge is -2.30. The van der Waals surface area contributed by atoms with E-state index in [0.29, 0.717) is 27.4 Å². The molecule has 0 N–H and O–H groups in total. The standard InChI is InChI=1S/C26H23ClFN3O3/c1-17(30(14-15-34-2)25(32)20-10-3-5-12-22(20)28)24-29-23-13-6-4-11-21(23)26(33)31(24)19-9-7-8-18(27)16-19/h3-13,16-17H,14-15H2,1-2H3. The van der Waals surface area contributed by atoms with Crippen molar-refractivity contribution in [3.63, 3.8) is 0 Å². The van der Waals surface area contributed by atoms with E-state index in [4.69, 9.17) is 21.3 Å². The molecular formula is C26H23ClFN3O3. The fraction of sp³-hybridized carbons (Fsp3) is 0.192. The van der Waals surface area contributed by atoms with Gasteiger partial charge in [0.05, 0.1) is 34.8 Å². The molecule has 0 saturated carbocycles. The van der Waals surface area contributed by atoms with Crippen molar-refractivity contribution in [2.75, 3.05) is 20.3 Å². The van der Waals surface area contributed by atoms with Gasteiger partial charge in [-0.3, -0.25) is 14.2 Å². The zero-order valence-corrected chi connectivity index (χ0v) is 19.5. The number of amides is 1. The Balaban J connectivity index is 1.92. The van der Waals surface area contributed by atoms with E-state index in [1.165, 1.54) is 34.8 Å². The fourth-order valence-corrected chi connectivity index (χ4v) is 4.07. The van der Waals surface area contributed by atoms with Crippen LogP contribution in [0.3, 0.4) is 0 Å². The summed E-state index contributed by atoms with van der Waals surface area (Å²) in [7, 11) is 1.52. The number of fused-ring (bicyclic) bond motifs is 1. The number of carbonyl (C=O) groups is 1. The molecule has 0 aliphatic rings. The lowest BCUT2D eigenvalue weighted by atomic mass is 10.1. The first kappa shape index (κ1) is 23.6. The molecule has 0 aliphatic carbocycles. The summed E-state index contributed by atoms with van der Waals surface area (Å²) in [6, 6.07) is 19.0. The maximum atomic E-state index is 14.5. The van der Waals surface area contributed by atoms with Crippen LogP contribution in [0.2, 0.25) is 5.02 Å². The lowest BCUT2D eigenvalue weighted by Crippen LogP contribution is -2.39. The number of methoxy groups -OCH3 is 1. The van der Waals surface area contributed by atoms with E-state index < -0.39 is 17.8 Å². The molecule has 0 aliphatic heterocycles. The topological polar surface area (TPSA) is 64.4 Å². The van der Waals surface area contributed by atoms with Gasteiger partial charge in [0.1, 0.15) is 11.6 Å². The van der Waals surface area contributed by atoms with E-state index >= 15 is 0 Å². The van der Waals surface area contributed by atoms with Crippen LogP contribution in [0.4, 0.5) is 4.39 Å². The lowest BCUT2D eigenvalue weighted by molar-refractivity contribution is 0.0601. The Labute approximate surface area is 201 Å². The molecule has 4 aromatic rings. The van der Waals surface area contributed by atoms with E-state index in [1.807, 2.05) is 0 Å². The summed E-state index contributed by atoms with van der Waals surface area (Å²) in [5, 5.41) is 0.886. The van der Waals surface area contributed by atoms with Gasteiger partial charge >= 0.3 is 0 Å². The summed E-state index contributed by atoms with van der Waals surface area (Å²) in [6.07, 6.45) is 0. The van der Waals surface area contributed by atoms with Gasteiger partial charge in [0, 0.05) is 18.7 Å². The molecule has 174 valence electrons. The molecule has 1 unspecified atom stereocenters. The van der Waals surface area contributed by atoms with Crippen molar-refractivity contribution < 1.29 is 13.9 Å². The molecule has 0 bridgehead atoms. The third-order valence-electron chi connectivity index (χ3n) is 5.61. The van der Waals surface area contributed by atoms with Gasteiger partial charge in [0.15, 0.2) is 0 Å². The molecule has 6 nitrogen and oxygen atoms in total. The van der Waals surface area contributed by atoms with Crippen LogP contribution in [-0.2, 0) is 4.74 Å². The number of para-hydroxylation sites is 1. The number of hydrogen-bond acceptors (Lipinski definition) is 4. The number of benzene rings is 3. The molecule has 0 radical (unpaired) electrons. The van der Waals surface area contributed by atoms with Gasteiger partial charge in [0.25, 0.3) is 11.5 Å². The number of halogens is 2. The third-order valence-corrected chi connectivity index (χ3v) is 5.85. The maximum absolute atomic E-state index is 14.5. The first-order valence-corrected chi connectivity index (χ1v) is 11.1. The third kappa shape index (κ3) is 4.58. The van der Waals surface area contributed by atoms with E-state index in [0.717, 1.165) is 0 Å². The smallest absolute Gasteiger partial charge is 0.266 e. The van der Waals surface area contributed by atoms with Gasteiger partial charge in [0.2, 0.25) is 0 Å². The van der Waals surface area contributed by atoms with Crippen LogP contribution in [0, 0.1) is 5.82 Å².